The van der Waals surface area contributed by atoms with Crippen LogP contribution >= 0.6 is 11.6 Å². The molecule has 30 heavy (non-hydrogen) atoms. The summed E-state index contributed by atoms with van der Waals surface area (Å²) in [5, 5.41) is 20.1. The van der Waals surface area contributed by atoms with Crippen LogP contribution in [0.4, 0.5) is 39.3 Å². The minimum absolute atomic E-state index is 0.255. The monoisotopic (exact) mass is 424 g/mol. The van der Waals surface area contributed by atoms with Crippen LogP contribution in [0.3, 0.4) is 0 Å². The highest BCUT2D eigenvalue weighted by Gasteiger charge is 2.08. The number of carbonyl (C=O) groups excluding carboxylic acids is 1. The molecule has 1 aromatic heterocycles. The zero-order valence-electron chi connectivity index (χ0n) is 15.5. The fourth-order valence-corrected chi connectivity index (χ4v) is 2.59. The number of halogens is 1. The SMILES string of the molecule is C=CC(=O)Nc1cccc(Nc2nc(Nc3cccc(NC(=O)O)c3)ncc2Cl)c1. The second-order valence-corrected chi connectivity index (χ2v) is 6.33. The first-order chi connectivity index (χ1) is 14.4. The van der Waals surface area contributed by atoms with E-state index in [9.17, 15) is 9.59 Å². The third-order valence-electron chi connectivity index (χ3n) is 3.69. The van der Waals surface area contributed by atoms with Gasteiger partial charge in [-0.2, -0.15) is 4.98 Å². The van der Waals surface area contributed by atoms with Crippen LogP contribution in [-0.4, -0.2) is 27.1 Å². The van der Waals surface area contributed by atoms with E-state index in [-0.39, 0.29) is 11.9 Å². The number of carbonyl (C=O) groups is 2. The van der Waals surface area contributed by atoms with Gasteiger partial charge in [-0.05, 0) is 42.5 Å². The number of hydrogen-bond acceptors (Lipinski definition) is 6. The minimum atomic E-state index is -1.16. The van der Waals surface area contributed by atoms with E-state index >= 15 is 0 Å². The minimum Gasteiger partial charge on any atom is -0.465 e. The Morgan fingerprint density at radius 3 is 2.20 bits per heavy atom. The maximum Gasteiger partial charge on any atom is 0.409 e. The van der Waals surface area contributed by atoms with Gasteiger partial charge in [-0.1, -0.05) is 30.3 Å². The van der Waals surface area contributed by atoms with E-state index in [1.165, 1.54) is 12.3 Å². The summed E-state index contributed by atoms with van der Waals surface area (Å²) in [7, 11) is 0. The van der Waals surface area contributed by atoms with E-state index in [1.807, 2.05) is 0 Å². The van der Waals surface area contributed by atoms with E-state index in [0.29, 0.717) is 33.6 Å². The number of hydrogen-bond donors (Lipinski definition) is 5. The summed E-state index contributed by atoms with van der Waals surface area (Å²) in [6.07, 6.45) is 1.45. The third-order valence-corrected chi connectivity index (χ3v) is 3.97. The van der Waals surface area contributed by atoms with Crippen molar-refractivity contribution in [3.05, 3.63) is 72.4 Å². The molecule has 152 valence electrons. The van der Waals surface area contributed by atoms with Crippen molar-refractivity contribution < 1.29 is 14.7 Å². The Morgan fingerprint density at radius 2 is 1.57 bits per heavy atom. The summed E-state index contributed by atoms with van der Waals surface area (Å²) in [6, 6.07) is 13.6. The molecule has 0 spiro atoms. The Bertz CT molecular complexity index is 1110. The molecule has 0 fully saturated rings. The van der Waals surface area contributed by atoms with Gasteiger partial charge in [-0.25, -0.2) is 9.78 Å². The van der Waals surface area contributed by atoms with Gasteiger partial charge in [0.1, 0.15) is 5.02 Å². The predicted octanol–water partition coefficient (Wildman–Crippen LogP) is 4.83. The molecule has 2 aromatic carbocycles. The van der Waals surface area contributed by atoms with E-state index < -0.39 is 6.09 Å². The van der Waals surface area contributed by atoms with Crippen molar-refractivity contribution in [2.75, 3.05) is 21.3 Å². The molecule has 1 heterocycles. The summed E-state index contributed by atoms with van der Waals surface area (Å²) in [5.41, 5.74) is 2.22. The smallest absolute Gasteiger partial charge is 0.409 e. The first-order valence-corrected chi connectivity index (χ1v) is 9.01. The van der Waals surface area contributed by atoms with Gasteiger partial charge in [0.25, 0.3) is 0 Å². The first-order valence-electron chi connectivity index (χ1n) is 8.63. The number of rotatable bonds is 7. The molecule has 0 saturated carbocycles. The molecule has 0 bridgehead atoms. The van der Waals surface area contributed by atoms with E-state index in [0.717, 1.165) is 0 Å². The lowest BCUT2D eigenvalue weighted by molar-refractivity contribution is -0.111. The van der Waals surface area contributed by atoms with Crippen molar-refractivity contribution in [2.24, 2.45) is 0 Å². The average molecular weight is 425 g/mol. The van der Waals surface area contributed by atoms with Crippen molar-refractivity contribution in [3.8, 4) is 0 Å². The van der Waals surface area contributed by atoms with Gasteiger partial charge < -0.3 is 21.1 Å². The quantitative estimate of drug-likeness (QED) is 0.343. The maximum atomic E-state index is 11.5. The van der Waals surface area contributed by atoms with E-state index in [2.05, 4.69) is 37.8 Å². The Labute approximate surface area is 176 Å². The summed E-state index contributed by atoms with van der Waals surface area (Å²) in [5.74, 6) is 0.282. The van der Waals surface area contributed by atoms with Gasteiger partial charge in [0.05, 0.1) is 6.20 Å². The zero-order chi connectivity index (χ0) is 21.5. The number of benzene rings is 2. The fourth-order valence-electron chi connectivity index (χ4n) is 2.45. The van der Waals surface area contributed by atoms with Crippen LogP contribution in [-0.2, 0) is 4.79 Å². The van der Waals surface area contributed by atoms with Gasteiger partial charge in [0.2, 0.25) is 11.9 Å². The zero-order valence-corrected chi connectivity index (χ0v) is 16.3. The summed E-state index contributed by atoms with van der Waals surface area (Å²) < 4.78 is 0. The lowest BCUT2D eigenvalue weighted by Gasteiger charge is -2.12. The van der Waals surface area contributed by atoms with Crippen molar-refractivity contribution in [1.82, 2.24) is 9.97 Å². The van der Waals surface area contributed by atoms with Gasteiger partial charge in [-0.15, -0.1) is 0 Å². The molecule has 5 N–H and O–H groups in total. The average Bonchev–Trinajstić information content (AvgIpc) is 2.70. The predicted molar refractivity (Wildman–Crippen MR) is 117 cm³/mol. The van der Waals surface area contributed by atoms with Crippen LogP contribution in [0, 0.1) is 0 Å². The molecule has 0 aliphatic rings. The van der Waals surface area contributed by atoms with Crippen molar-refractivity contribution >= 4 is 58.1 Å². The molecule has 0 aliphatic heterocycles. The van der Waals surface area contributed by atoms with Crippen LogP contribution in [0.1, 0.15) is 0 Å². The molecule has 0 aliphatic carbocycles. The summed E-state index contributed by atoms with van der Waals surface area (Å²) >= 11 is 6.20. The van der Waals surface area contributed by atoms with Crippen LogP contribution in [0.2, 0.25) is 5.02 Å². The fraction of sp³-hybridized carbons (Fsp3) is 0. The molecule has 9 nitrogen and oxygen atoms in total. The standard InChI is InChI=1S/C20H17ClN6O3/c1-2-17(28)23-12-5-3-6-13(9-12)24-18-16(21)11-22-19(27-18)25-14-7-4-8-15(10-14)26-20(29)30/h2-11,26H,1H2,(H,23,28)(H,29,30)(H2,22,24,25,27). The number of amides is 2. The Hall–Kier alpha value is -4.11. The van der Waals surface area contributed by atoms with Gasteiger partial charge >= 0.3 is 6.09 Å². The first kappa shape index (κ1) is 20.6. The molecule has 3 aromatic rings. The molecule has 3 rings (SSSR count). The highest BCUT2D eigenvalue weighted by atomic mass is 35.5. The van der Waals surface area contributed by atoms with Crippen molar-refractivity contribution in [2.45, 2.75) is 0 Å². The number of anilines is 6. The van der Waals surface area contributed by atoms with E-state index in [1.54, 1.807) is 48.5 Å². The second kappa shape index (κ2) is 9.39. The molecule has 0 atom stereocenters. The van der Waals surface area contributed by atoms with Crippen LogP contribution in [0.15, 0.2) is 67.4 Å². The van der Waals surface area contributed by atoms with Gasteiger partial charge in [0, 0.05) is 22.7 Å². The number of carboxylic acid groups (broad SMARTS) is 1. The second-order valence-electron chi connectivity index (χ2n) is 5.93. The Kier molecular flexibility index (Phi) is 6.46. The molecule has 10 heteroatoms. The largest absolute Gasteiger partial charge is 0.465 e. The maximum absolute atomic E-state index is 11.5. The number of nitrogens with one attached hydrogen (secondary N) is 4. The highest BCUT2D eigenvalue weighted by molar-refractivity contribution is 6.32. The van der Waals surface area contributed by atoms with Gasteiger partial charge in [-0.3, -0.25) is 10.1 Å². The molecule has 0 radical (unpaired) electrons. The van der Waals surface area contributed by atoms with Gasteiger partial charge in [0.15, 0.2) is 5.82 Å². The van der Waals surface area contributed by atoms with Crippen LogP contribution < -0.4 is 21.3 Å². The van der Waals surface area contributed by atoms with Crippen molar-refractivity contribution in [1.29, 1.82) is 0 Å². The van der Waals surface area contributed by atoms with Crippen molar-refractivity contribution in [3.63, 3.8) is 0 Å². The molecular weight excluding hydrogens is 408 g/mol. The topological polar surface area (TPSA) is 128 Å². The lowest BCUT2D eigenvalue weighted by Crippen LogP contribution is -2.08. The molecule has 2 amide bonds. The molecular formula is C20H17ClN6O3. The normalized spacial score (nSPS) is 10.0. The third kappa shape index (κ3) is 5.69. The number of aromatic nitrogens is 2. The molecule has 0 unspecified atom stereocenters. The Balaban J connectivity index is 1.77. The summed E-state index contributed by atoms with van der Waals surface area (Å²) in [4.78, 5) is 30.7. The van der Waals surface area contributed by atoms with Crippen LogP contribution in [0.5, 0.6) is 0 Å². The number of nitrogens with zero attached hydrogens (tertiary/aromatic N) is 2. The Morgan fingerprint density at radius 1 is 0.967 bits per heavy atom. The highest BCUT2D eigenvalue weighted by Crippen LogP contribution is 2.26. The van der Waals surface area contributed by atoms with E-state index in [4.69, 9.17) is 16.7 Å². The van der Waals surface area contributed by atoms with Crippen LogP contribution in [0.25, 0.3) is 0 Å². The molecule has 0 saturated heterocycles. The lowest BCUT2D eigenvalue weighted by atomic mass is 10.2. The summed E-state index contributed by atoms with van der Waals surface area (Å²) in [6.45, 7) is 3.42.